The summed E-state index contributed by atoms with van der Waals surface area (Å²) in [7, 11) is 0. The highest BCUT2D eigenvalue weighted by Crippen LogP contribution is 2.23. The second-order valence-corrected chi connectivity index (χ2v) is 14.7. The third-order valence-electron chi connectivity index (χ3n) is 9.51. The SMILES string of the molecule is O=C1COc2ccc(cc2)C[C@@H](C(=O)O)CC(=O)CN(Cc2ccccc2)C(=O)[C@H](Cc2ccc(-c3ccccc3)cc2)NC(=O)[C@H](Cc2cccs2)C1. The summed E-state index contributed by atoms with van der Waals surface area (Å²) in [5, 5.41) is 15.0. The van der Waals surface area contributed by atoms with Crippen LogP contribution in [0.15, 0.2) is 127 Å². The molecular weight excluding hydrogens is 701 g/mol. The summed E-state index contributed by atoms with van der Waals surface area (Å²) in [6.07, 6.45) is 0.102. The van der Waals surface area contributed by atoms with Crippen molar-refractivity contribution in [3.05, 3.63) is 148 Å². The van der Waals surface area contributed by atoms with E-state index in [1.165, 1.54) is 16.2 Å². The van der Waals surface area contributed by atoms with Crippen molar-refractivity contribution in [2.45, 2.75) is 44.7 Å². The summed E-state index contributed by atoms with van der Waals surface area (Å²) < 4.78 is 5.77. The fourth-order valence-corrected chi connectivity index (χ4v) is 7.44. The Morgan fingerprint density at radius 2 is 1.41 bits per heavy atom. The molecule has 2 amide bonds. The molecule has 0 saturated carbocycles. The van der Waals surface area contributed by atoms with Crippen molar-refractivity contribution in [3.63, 3.8) is 0 Å². The first-order chi connectivity index (χ1) is 26.2. The van der Waals surface area contributed by atoms with E-state index in [0.717, 1.165) is 27.1 Å². The third-order valence-corrected chi connectivity index (χ3v) is 10.4. The molecule has 0 fully saturated rings. The zero-order valence-electron chi connectivity index (χ0n) is 29.8. The first-order valence-electron chi connectivity index (χ1n) is 18.0. The van der Waals surface area contributed by atoms with Crippen LogP contribution in [0.3, 0.4) is 0 Å². The first kappa shape index (κ1) is 37.9. The van der Waals surface area contributed by atoms with Crippen molar-refractivity contribution >= 4 is 40.7 Å². The molecule has 2 aliphatic heterocycles. The maximum atomic E-state index is 14.7. The standard InChI is InChI=1S/C44H42N2O7S/c47-37-25-36(44(51)52)22-30-15-19-39(20-16-30)53-29-38(48)24-35(26-40-12-7-21-54-40)42(49)45-41(43(50)46(28-37)27-32-8-3-1-4-9-32)23-31-13-17-34(18-14-31)33-10-5-2-6-11-33/h1-21,35-36,41H,22-29H2,(H,45,49)(H,51,52)/t35-,36+,41-/m0/s1. The van der Waals surface area contributed by atoms with Gasteiger partial charge in [0.1, 0.15) is 18.4 Å². The molecule has 0 spiro atoms. The zero-order chi connectivity index (χ0) is 37.9. The molecule has 2 N–H and O–H groups in total. The number of carboxylic acids is 1. The van der Waals surface area contributed by atoms with Crippen LogP contribution >= 0.6 is 11.3 Å². The molecule has 0 saturated heterocycles. The molecule has 7 rings (SSSR count). The van der Waals surface area contributed by atoms with Crippen LogP contribution in [0.4, 0.5) is 0 Å². The van der Waals surface area contributed by atoms with Gasteiger partial charge < -0.3 is 20.1 Å². The lowest BCUT2D eigenvalue weighted by Gasteiger charge is -2.29. The summed E-state index contributed by atoms with van der Waals surface area (Å²) in [5.74, 6) is -4.17. The number of aliphatic carboxylic acids is 1. The molecule has 0 aliphatic carbocycles. The Bertz CT molecular complexity index is 2030. The molecule has 9 nitrogen and oxygen atoms in total. The smallest absolute Gasteiger partial charge is 0.307 e. The van der Waals surface area contributed by atoms with Crippen LogP contribution in [0.25, 0.3) is 11.1 Å². The quantitative estimate of drug-likeness (QED) is 0.184. The number of amides is 2. The van der Waals surface area contributed by atoms with E-state index in [-0.39, 0.29) is 51.2 Å². The van der Waals surface area contributed by atoms with Crippen molar-refractivity contribution < 1.29 is 33.8 Å². The van der Waals surface area contributed by atoms with E-state index in [9.17, 15) is 29.1 Å². The number of Topliss-reactive ketones (excluding diaryl/α,β-unsaturated/α-hetero) is 2. The lowest BCUT2D eigenvalue weighted by molar-refractivity contribution is -0.144. The molecule has 3 heterocycles. The van der Waals surface area contributed by atoms with Gasteiger partial charge in [-0.15, -0.1) is 11.3 Å². The zero-order valence-corrected chi connectivity index (χ0v) is 30.6. The molecule has 1 aromatic heterocycles. The van der Waals surface area contributed by atoms with Crippen LogP contribution in [-0.4, -0.2) is 58.6 Å². The lowest BCUT2D eigenvalue weighted by atomic mass is 9.94. The molecule has 0 radical (unpaired) electrons. The average molecular weight is 743 g/mol. The summed E-state index contributed by atoms with van der Waals surface area (Å²) in [4.78, 5) is 70.7. The fraction of sp³-hybridized carbons (Fsp3) is 0.250. The summed E-state index contributed by atoms with van der Waals surface area (Å²) in [6.45, 7) is -0.542. The number of ketones is 2. The molecule has 2 aliphatic rings. The van der Waals surface area contributed by atoms with Gasteiger partial charge in [0.25, 0.3) is 0 Å². The highest BCUT2D eigenvalue weighted by molar-refractivity contribution is 7.09. The van der Waals surface area contributed by atoms with Gasteiger partial charge in [-0.05, 0) is 64.2 Å². The Morgan fingerprint density at radius 1 is 0.722 bits per heavy atom. The second-order valence-electron chi connectivity index (χ2n) is 13.6. The summed E-state index contributed by atoms with van der Waals surface area (Å²) in [5.41, 5.74) is 4.27. The number of hydrogen-bond donors (Lipinski definition) is 2. The second kappa shape index (κ2) is 18.3. The van der Waals surface area contributed by atoms with Crippen molar-refractivity contribution in [1.82, 2.24) is 10.2 Å². The minimum absolute atomic E-state index is 0.0678. The van der Waals surface area contributed by atoms with Gasteiger partial charge in [0, 0.05) is 36.6 Å². The predicted octanol–water partition coefficient (Wildman–Crippen LogP) is 6.58. The summed E-state index contributed by atoms with van der Waals surface area (Å²) >= 11 is 1.48. The van der Waals surface area contributed by atoms with E-state index in [1.807, 2.05) is 102 Å². The van der Waals surface area contributed by atoms with Gasteiger partial charge >= 0.3 is 5.97 Å². The molecule has 276 valence electrons. The van der Waals surface area contributed by atoms with Gasteiger partial charge in [0.15, 0.2) is 11.6 Å². The van der Waals surface area contributed by atoms with Crippen LogP contribution in [0.2, 0.25) is 0 Å². The average Bonchev–Trinajstić information content (AvgIpc) is 3.70. The summed E-state index contributed by atoms with van der Waals surface area (Å²) in [6, 6.07) is 36.3. The number of thiophene rings is 1. The molecule has 5 aromatic rings. The number of fused-ring (bicyclic) bond motifs is 16. The normalized spacial score (nSPS) is 19.0. The van der Waals surface area contributed by atoms with Gasteiger partial charge in [-0.2, -0.15) is 0 Å². The molecule has 4 aromatic carbocycles. The highest BCUT2D eigenvalue weighted by Gasteiger charge is 2.32. The van der Waals surface area contributed by atoms with Crippen molar-refractivity contribution in [2.75, 3.05) is 13.2 Å². The van der Waals surface area contributed by atoms with Crippen molar-refractivity contribution in [2.24, 2.45) is 11.8 Å². The number of nitrogens with zero attached hydrogens (tertiary/aromatic N) is 1. The number of carbonyl (C=O) groups is 5. The van der Waals surface area contributed by atoms with E-state index >= 15 is 0 Å². The molecule has 10 heteroatoms. The Balaban J connectivity index is 1.35. The predicted molar refractivity (Wildman–Crippen MR) is 207 cm³/mol. The Kier molecular flexibility index (Phi) is 12.8. The van der Waals surface area contributed by atoms with E-state index in [2.05, 4.69) is 5.32 Å². The van der Waals surface area contributed by atoms with Crippen molar-refractivity contribution in [3.8, 4) is 16.9 Å². The van der Waals surface area contributed by atoms with Crippen LogP contribution in [0, 0.1) is 11.8 Å². The maximum absolute atomic E-state index is 14.7. The fourth-order valence-electron chi connectivity index (χ4n) is 6.66. The molecule has 54 heavy (non-hydrogen) atoms. The number of benzene rings is 4. The minimum Gasteiger partial charge on any atom is -0.486 e. The first-order valence-corrected chi connectivity index (χ1v) is 18.9. The van der Waals surface area contributed by atoms with E-state index < -0.39 is 41.4 Å². The molecule has 0 unspecified atom stereocenters. The van der Waals surface area contributed by atoms with Gasteiger partial charge in [0.2, 0.25) is 11.8 Å². The number of carbonyl (C=O) groups excluding carboxylic acids is 4. The highest BCUT2D eigenvalue weighted by atomic mass is 32.1. The molecule has 2 bridgehead atoms. The molecular formula is C44H42N2O7S. The van der Waals surface area contributed by atoms with Gasteiger partial charge in [0.05, 0.1) is 12.5 Å². The van der Waals surface area contributed by atoms with Crippen molar-refractivity contribution in [1.29, 1.82) is 0 Å². The number of rotatable bonds is 8. The number of hydrogen-bond acceptors (Lipinski definition) is 7. The van der Waals surface area contributed by atoms with E-state index in [1.54, 1.807) is 24.3 Å². The monoisotopic (exact) mass is 742 g/mol. The van der Waals surface area contributed by atoms with Crippen LogP contribution in [0.1, 0.15) is 34.4 Å². The van der Waals surface area contributed by atoms with E-state index in [0.29, 0.717) is 17.7 Å². The number of nitrogens with one attached hydrogen (secondary N) is 1. The molecule has 3 atom stereocenters. The Morgan fingerprint density at radius 3 is 2.07 bits per heavy atom. The lowest BCUT2D eigenvalue weighted by Crippen LogP contribution is -2.52. The van der Waals surface area contributed by atoms with Crippen LogP contribution in [0.5, 0.6) is 5.75 Å². The number of carboxylic acid groups (broad SMARTS) is 1. The topological polar surface area (TPSA) is 130 Å². The third kappa shape index (κ3) is 10.6. The van der Waals surface area contributed by atoms with Gasteiger partial charge in [-0.25, -0.2) is 0 Å². The van der Waals surface area contributed by atoms with Gasteiger partial charge in [-0.1, -0.05) is 103 Å². The van der Waals surface area contributed by atoms with E-state index in [4.69, 9.17) is 4.74 Å². The largest absolute Gasteiger partial charge is 0.486 e. The Hall–Kier alpha value is -5.87. The maximum Gasteiger partial charge on any atom is 0.307 e. The van der Waals surface area contributed by atoms with Gasteiger partial charge in [-0.3, -0.25) is 24.0 Å². The van der Waals surface area contributed by atoms with Crippen LogP contribution in [-0.2, 0) is 49.8 Å². The number of ether oxygens (including phenoxy) is 1. The minimum atomic E-state index is -1.12. The van der Waals surface area contributed by atoms with Crippen LogP contribution < -0.4 is 10.1 Å². The Labute approximate surface area is 318 Å².